The van der Waals surface area contributed by atoms with E-state index in [4.69, 9.17) is 16.3 Å². The van der Waals surface area contributed by atoms with Gasteiger partial charge in [0.15, 0.2) is 0 Å². The van der Waals surface area contributed by atoms with Gasteiger partial charge in [-0.2, -0.15) is 13.2 Å². The number of aliphatic hydroxyl groups excluding tert-OH is 1. The van der Waals surface area contributed by atoms with E-state index in [1.165, 1.54) is 18.1 Å². The van der Waals surface area contributed by atoms with Crippen molar-refractivity contribution >= 4 is 17.5 Å². The van der Waals surface area contributed by atoms with E-state index in [0.29, 0.717) is 6.42 Å². The highest BCUT2D eigenvalue weighted by Gasteiger charge is 2.37. The predicted octanol–water partition coefficient (Wildman–Crippen LogP) is 2.58. The number of halogens is 4. The molecule has 0 saturated carbocycles. The zero-order valence-corrected chi connectivity index (χ0v) is 12.5. The third-order valence-corrected chi connectivity index (χ3v) is 3.87. The van der Waals surface area contributed by atoms with Crippen molar-refractivity contribution in [2.45, 2.75) is 24.7 Å². The van der Waals surface area contributed by atoms with Gasteiger partial charge in [-0.3, -0.25) is 4.79 Å². The van der Waals surface area contributed by atoms with Gasteiger partial charge in [-0.1, -0.05) is 11.6 Å². The summed E-state index contributed by atoms with van der Waals surface area (Å²) in [5.41, 5.74) is -1.14. The van der Waals surface area contributed by atoms with Crippen LogP contribution in [0, 0.1) is 0 Å². The quantitative estimate of drug-likeness (QED) is 0.922. The molecule has 8 heteroatoms. The van der Waals surface area contributed by atoms with E-state index in [1.807, 2.05) is 0 Å². The second-order valence-electron chi connectivity index (χ2n) is 5.11. The molecule has 22 heavy (non-hydrogen) atoms. The molecule has 4 nitrogen and oxygen atoms in total. The van der Waals surface area contributed by atoms with Crippen LogP contribution in [0.4, 0.5) is 13.2 Å². The van der Waals surface area contributed by atoms with Crippen molar-refractivity contribution in [3.63, 3.8) is 0 Å². The van der Waals surface area contributed by atoms with Crippen LogP contribution < -0.4 is 0 Å². The van der Waals surface area contributed by atoms with E-state index in [1.54, 1.807) is 0 Å². The monoisotopic (exact) mass is 337 g/mol. The molecule has 1 fully saturated rings. The number of likely N-dealkylation sites (tertiary alicyclic amines) is 1. The van der Waals surface area contributed by atoms with E-state index < -0.39 is 23.7 Å². The number of hydrogen-bond donors (Lipinski definition) is 1. The number of ether oxygens (including phenoxy) is 1. The Hall–Kier alpha value is -1.31. The molecule has 1 amide bonds. The van der Waals surface area contributed by atoms with Crippen LogP contribution in [0.1, 0.15) is 22.3 Å². The Balaban J connectivity index is 2.31. The van der Waals surface area contributed by atoms with Gasteiger partial charge in [0.2, 0.25) is 0 Å². The van der Waals surface area contributed by atoms with Gasteiger partial charge in [-0.15, -0.1) is 0 Å². The molecule has 1 heterocycles. The van der Waals surface area contributed by atoms with Crippen LogP contribution in [0.2, 0.25) is 5.02 Å². The molecule has 0 aromatic heterocycles. The lowest BCUT2D eigenvalue weighted by molar-refractivity contribution is -0.137. The van der Waals surface area contributed by atoms with E-state index in [-0.39, 0.29) is 29.8 Å². The molecule has 0 bridgehead atoms. The fourth-order valence-electron chi connectivity index (χ4n) is 2.51. The fourth-order valence-corrected chi connectivity index (χ4v) is 2.74. The number of amides is 1. The van der Waals surface area contributed by atoms with Gasteiger partial charge in [0.05, 0.1) is 24.3 Å². The molecule has 122 valence electrons. The lowest BCUT2D eigenvalue weighted by Gasteiger charge is -2.23. The number of carbonyl (C=O) groups is 1. The lowest BCUT2D eigenvalue weighted by Crippen LogP contribution is -2.38. The molecule has 1 aliphatic rings. The third kappa shape index (κ3) is 3.53. The molecule has 1 saturated heterocycles. The molecule has 1 aromatic carbocycles. The number of methoxy groups -OCH3 is 1. The van der Waals surface area contributed by atoms with E-state index in [2.05, 4.69) is 0 Å². The molecule has 0 radical (unpaired) electrons. The topological polar surface area (TPSA) is 49.8 Å². The highest BCUT2D eigenvalue weighted by atomic mass is 35.5. The Morgan fingerprint density at radius 3 is 2.68 bits per heavy atom. The molecule has 0 aliphatic carbocycles. The van der Waals surface area contributed by atoms with Crippen LogP contribution in [0.15, 0.2) is 18.2 Å². The highest BCUT2D eigenvalue weighted by Crippen LogP contribution is 2.33. The van der Waals surface area contributed by atoms with E-state index >= 15 is 0 Å². The first kappa shape index (κ1) is 17.1. The summed E-state index contributed by atoms with van der Waals surface area (Å²) in [7, 11) is 1.48. The molecule has 1 aromatic rings. The van der Waals surface area contributed by atoms with Gasteiger partial charge in [-0.25, -0.2) is 0 Å². The molecule has 1 N–H and O–H groups in total. The summed E-state index contributed by atoms with van der Waals surface area (Å²) in [6.45, 7) is -0.0628. The first-order chi connectivity index (χ1) is 10.3. The van der Waals surface area contributed by atoms with Crippen molar-refractivity contribution in [1.29, 1.82) is 0 Å². The third-order valence-electron chi connectivity index (χ3n) is 3.65. The average Bonchev–Trinajstić information content (AvgIpc) is 2.88. The van der Waals surface area contributed by atoms with Gasteiger partial charge in [0.1, 0.15) is 0 Å². The number of aliphatic hydroxyl groups is 1. The summed E-state index contributed by atoms with van der Waals surface area (Å²) in [4.78, 5) is 13.8. The second kappa shape index (κ2) is 6.44. The largest absolute Gasteiger partial charge is 0.416 e. The normalized spacial score (nSPS) is 22.2. The van der Waals surface area contributed by atoms with Crippen LogP contribution in [0.3, 0.4) is 0 Å². The van der Waals surface area contributed by atoms with Crippen LogP contribution in [-0.2, 0) is 10.9 Å². The van der Waals surface area contributed by atoms with Crippen molar-refractivity contribution in [1.82, 2.24) is 4.90 Å². The highest BCUT2D eigenvalue weighted by molar-refractivity contribution is 6.31. The van der Waals surface area contributed by atoms with Crippen molar-refractivity contribution in [2.75, 3.05) is 20.3 Å². The Morgan fingerprint density at radius 1 is 1.45 bits per heavy atom. The molecule has 2 atom stereocenters. The molecule has 1 aliphatic heterocycles. The second-order valence-corrected chi connectivity index (χ2v) is 5.55. The van der Waals surface area contributed by atoms with Gasteiger partial charge in [-0.05, 0) is 24.6 Å². The first-order valence-electron chi connectivity index (χ1n) is 6.58. The Morgan fingerprint density at radius 2 is 2.14 bits per heavy atom. The summed E-state index contributed by atoms with van der Waals surface area (Å²) >= 11 is 5.69. The maximum Gasteiger partial charge on any atom is 0.416 e. The lowest BCUT2D eigenvalue weighted by atomic mass is 10.1. The maximum atomic E-state index is 12.8. The van der Waals surface area contributed by atoms with Crippen molar-refractivity contribution in [3.05, 3.63) is 34.3 Å². The summed E-state index contributed by atoms with van der Waals surface area (Å²) in [5, 5.41) is 9.16. The summed E-state index contributed by atoms with van der Waals surface area (Å²) in [6, 6.07) is 2.24. The predicted molar refractivity (Wildman–Crippen MR) is 73.8 cm³/mol. The molecular weight excluding hydrogens is 323 g/mol. The number of hydrogen-bond acceptors (Lipinski definition) is 3. The van der Waals surface area contributed by atoms with E-state index in [9.17, 15) is 23.1 Å². The van der Waals surface area contributed by atoms with Crippen LogP contribution in [-0.4, -0.2) is 48.3 Å². The standard InChI is InChI=1S/C14H15ClF3NO3/c1-22-12-5-11(7-20)19(6-12)13(21)8-2-9(14(16,17)18)4-10(15)3-8/h2-4,11-12,20H,5-7H2,1H3/t11-,12-/m0/s1. The van der Waals surface area contributed by atoms with Gasteiger partial charge < -0.3 is 14.7 Å². The summed E-state index contributed by atoms with van der Waals surface area (Å²) in [5.74, 6) is -0.605. The van der Waals surface area contributed by atoms with Gasteiger partial charge >= 0.3 is 6.18 Å². The molecule has 0 spiro atoms. The average molecular weight is 338 g/mol. The molecule has 0 unspecified atom stereocenters. The van der Waals surface area contributed by atoms with Gasteiger partial charge in [0.25, 0.3) is 5.91 Å². The Kier molecular flexibility index (Phi) is 4.99. The van der Waals surface area contributed by atoms with Gasteiger partial charge in [0, 0.05) is 24.2 Å². The number of alkyl halides is 3. The number of benzene rings is 1. The first-order valence-corrected chi connectivity index (χ1v) is 6.96. The van der Waals surface area contributed by atoms with Crippen molar-refractivity contribution in [3.8, 4) is 0 Å². The van der Waals surface area contributed by atoms with E-state index in [0.717, 1.165) is 12.1 Å². The zero-order valence-electron chi connectivity index (χ0n) is 11.7. The Labute approximate surface area is 130 Å². The minimum absolute atomic E-state index is 0.157. The smallest absolute Gasteiger partial charge is 0.394 e. The maximum absolute atomic E-state index is 12.8. The SMILES string of the molecule is CO[C@H]1C[C@@H](CO)N(C(=O)c2cc(Cl)cc(C(F)(F)F)c2)C1. The summed E-state index contributed by atoms with van der Waals surface area (Å²) in [6.07, 6.45) is -4.40. The van der Waals surface area contributed by atoms with Crippen LogP contribution >= 0.6 is 11.6 Å². The summed E-state index contributed by atoms with van der Waals surface area (Å²) < 4.78 is 43.6. The number of nitrogens with zero attached hydrogens (tertiary/aromatic N) is 1. The minimum atomic E-state index is -4.59. The van der Waals surface area contributed by atoms with Crippen molar-refractivity contribution < 1.29 is 27.8 Å². The number of rotatable bonds is 3. The number of carbonyl (C=O) groups excluding carboxylic acids is 1. The van der Waals surface area contributed by atoms with Crippen LogP contribution in [0.5, 0.6) is 0 Å². The molecule has 2 rings (SSSR count). The zero-order chi connectivity index (χ0) is 16.5. The van der Waals surface area contributed by atoms with Crippen molar-refractivity contribution in [2.24, 2.45) is 0 Å². The minimum Gasteiger partial charge on any atom is -0.394 e. The fraction of sp³-hybridized carbons (Fsp3) is 0.500. The van der Waals surface area contributed by atoms with Crippen LogP contribution in [0.25, 0.3) is 0 Å². The molecular formula is C14H15ClF3NO3. The Bertz CT molecular complexity index is 565.